The second-order valence-electron chi connectivity index (χ2n) is 5.58. The van der Waals surface area contributed by atoms with Crippen LogP contribution in [-0.2, 0) is 28.4 Å². The van der Waals surface area contributed by atoms with E-state index in [2.05, 4.69) is 0 Å². The average molecular weight is 301 g/mol. The van der Waals surface area contributed by atoms with Crippen molar-refractivity contribution >= 4 is 10.0 Å². The number of sulfonamides is 1. The van der Waals surface area contributed by atoms with Gasteiger partial charge in [0.2, 0.25) is 10.0 Å². The summed E-state index contributed by atoms with van der Waals surface area (Å²) < 4.78 is 34.1. The van der Waals surface area contributed by atoms with Crippen LogP contribution in [0.2, 0.25) is 0 Å². The molecule has 0 saturated carbocycles. The van der Waals surface area contributed by atoms with Gasteiger partial charge in [-0.2, -0.15) is 4.31 Å². The predicted octanol–water partition coefficient (Wildman–Crippen LogP) is 0.673. The number of ether oxygens (including phenoxy) is 1. The van der Waals surface area contributed by atoms with Gasteiger partial charge in [0.25, 0.3) is 0 Å². The number of aryl methyl sites for hydroxylation is 1. The maximum Gasteiger partial charge on any atom is 0.244 e. The third kappa shape index (κ3) is 2.76. The molecule has 1 atom stereocenters. The molecule has 114 valence electrons. The number of piperidine rings is 1. The molecular weight excluding hydrogens is 278 g/mol. The Bertz CT molecular complexity index is 582. The summed E-state index contributed by atoms with van der Waals surface area (Å²) in [6.45, 7) is 3.19. The number of nitrogens with zero attached hydrogens (tertiary/aromatic N) is 2. The van der Waals surface area contributed by atoms with Gasteiger partial charge in [0.1, 0.15) is 4.90 Å². The van der Waals surface area contributed by atoms with Gasteiger partial charge in [-0.15, -0.1) is 0 Å². The average Bonchev–Trinajstić information content (AvgIpc) is 2.81. The van der Waals surface area contributed by atoms with E-state index in [0.717, 1.165) is 18.5 Å². The molecule has 0 aromatic carbocycles. The number of rotatable bonds is 4. The van der Waals surface area contributed by atoms with E-state index in [9.17, 15) is 8.42 Å². The zero-order valence-electron chi connectivity index (χ0n) is 12.3. The highest BCUT2D eigenvalue weighted by molar-refractivity contribution is 7.89. The van der Waals surface area contributed by atoms with Crippen LogP contribution in [0.5, 0.6) is 0 Å². The summed E-state index contributed by atoms with van der Waals surface area (Å²) >= 11 is 0. The van der Waals surface area contributed by atoms with Gasteiger partial charge >= 0.3 is 0 Å². The lowest BCUT2D eigenvalue weighted by Gasteiger charge is -2.38. The number of nitrogens with two attached hydrogens (primary N) is 1. The molecule has 2 N–H and O–H groups in total. The van der Waals surface area contributed by atoms with Crippen LogP contribution in [-0.4, -0.2) is 43.1 Å². The van der Waals surface area contributed by atoms with Crippen LogP contribution in [0, 0.1) is 0 Å². The van der Waals surface area contributed by atoms with E-state index in [1.165, 1.54) is 4.31 Å². The van der Waals surface area contributed by atoms with E-state index in [0.29, 0.717) is 24.5 Å². The summed E-state index contributed by atoms with van der Waals surface area (Å²) in [5.74, 6) is 0. The van der Waals surface area contributed by atoms with E-state index in [1.54, 1.807) is 31.0 Å². The molecular formula is C13H23N3O3S. The molecule has 1 saturated heterocycles. The molecule has 20 heavy (non-hydrogen) atoms. The van der Waals surface area contributed by atoms with E-state index >= 15 is 0 Å². The second kappa shape index (κ2) is 5.48. The first-order valence-corrected chi connectivity index (χ1v) is 8.17. The zero-order valence-corrected chi connectivity index (χ0v) is 13.1. The first-order chi connectivity index (χ1) is 9.32. The van der Waals surface area contributed by atoms with Gasteiger partial charge in [-0.1, -0.05) is 0 Å². The van der Waals surface area contributed by atoms with Crippen LogP contribution in [0.1, 0.15) is 25.5 Å². The van der Waals surface area contributed by atoms with Gasteiger partial charge in [-0.05, 0) is 25.8 Å². The fraction of sp³-hybridized carbons (Fsp3) is 0.692. The molecule has 6 nitrogen and oxygen atoms in total. The van der Waals surface area contributed by atoms with Crippen molar-refractivity contribution in [3.63, 3.8) is 0 Å². The molecule has 0 bridgehead atoms. The minimum absolute atomic E-state index is 0.306. The minimum Gasteiger partial charge on any atom is -0.377 e. The minimum atomic E-state index is -3.48. The Hall–Kier alpha value is -0.890. The molecule has 7 heteroatoms. The molecule has 0 spiro atoms. The number of hydrogen-bond acceptors (Lipinski definition) is 4. The molecule has 0 aliphatic carbocycles. The van der Waals surface area contributed by atoms with Crippen molar-refractivity contribution in [1.82, 2.24) is 8.87 Å². The third-order valence-corrected chi connectivity index (χ3v) is 5.86. The van der Waals surface area contributed by atoms with Gasteiger partial charge < -0.3 is 15.0 Å². The summed E-state index contributed by atoms with van der Waals surface area (Å²) in [5.41, 5.74) is 6.00. The van der Waals surface area contributed by atoms with Gasteiger partial charge in [-0.3, -0.25) is 0 Å². The topological polar surface area (TPSA) is 77.6 Å². The Morgan fingerprint density at radius 1 is 1.50 bits per heavy atom. The zero-order chi connectivity index (χ0) is 15.0. The van der Waals surface area contributed by atoms with Crippen LogP contribution in [0.15, 0.2) is 17.2 Å². The van der Waals surface area contributed by atoms with Crippen LogP contribution in [0.25, 0.3) is 0 Å². The highest BCUT2D eigenvalue weighted by Gasteiger charge is 2.37. The van der Waals surface area contributed by atoms with Crippen LogP contribution < -0.4 is 5.73 Å². The molecule has 2 rings (SSSR count). The smallest absolute Gasteiger partial charge is 0.244 e. The van der Waals surface area contributed by atoms with Gasteiger partial charge in [0.15, 0.2) is 0 Å². The summed E-state index contributed by atoms with van der Waals surface area (Å²) in [6.07, 6.45) is 3.30. The lowest BCUT2D eigenvalue weighted by Crippen LogP contribution is -2.49. The molecule has 0 radical (unpaired) electrons. The number of methoxy groups -OCH3 is 1. The monoisotopic (exact) mass is 301 g/mol. The second-order valence-corrected chi connectivity index (χ2v) is 7.52. The first kappa shape index (κ1) is 15.5. The first-order valence-electron chi connectivity index (χ1n) is 6.73. The highest BCUT2D eigenvalue weighted by atomic mass is 32.2. The quantitative estimate of drug-likeness (QED) is 0.887. The summed E-state index contributed by atoms with van der Waals surface area (Å²) in [4.78, 5) is 0.306. The maximum absolute atomic E-state index is 12.7. The van der Waals surface area contributed by atoms with Crippen molar-refractivity contribution in [3.8, 4) is 0 Å². The maximum atomic E-state index is 12.7. The van der Waals surface area contributed by atoms with Crippen LogP contribution in [0.4, 0.5) is 0 Å². The van der Waals surface area contributed by atoms with Crippen molar-refractivity contribution in [2.45, 2.75) is 36.8 Å². The van der Waals surface area contributed by atoms with Crippen molar-refractivity contribution < 1.29 is 13.2 Å². The SMILES string of the molecule is COC1(C)CCCN(S(=O)(=O)c2cc(CN)n(C)c2)C1. The predicted molar refractivity (Wildman–Crippen MR) is 76.7 cm³/mol. The Labute approximate surface area is 120 Å². The van der Waals surface area contributed by atoms with E-state index < -0.39 is 15.6 Å². The summed E-state index contributed by atoms with van der Waals surface area (Å²) in [6, 6.07) is 1.65. The van der Waals surface area contributed by atoms with E-state index in [1.807, 2.05) is 6.92 Å². The molecule has 2 heterocycles. The van der Waals surface area contributed by atoms with Crippen molar-refractivity contribution in [3.05, 3.63) is 18.0 Å². The molecule has 1 fully saturated rings. The lowest BCUT2D eigenvalue weighted by atomic mass is 9.96. The lowest BCUT2D eigenvalue weighted by molar-refractivity contribution is -0.0319. The summed E-state index contributed by atoms with van der Waals surface area (Å²) in [7, 11) is -0.0456. The Morgan fingerprint density at radius 3 is 2.75 bits per heavy atom. The number of hydrogen-bond donors (Lipinski definition) is 1. The van der Waals surface area contributed by atoms with Gasteiger partial charge in [0, 0.05) is 45.7 Å². The van der Waals surface area contributed by atoms with E-state index in [-0.39, 0.29) is 0 Å². The van der Waals surface area contributed by atoms with Crippen molar-refractivity contribution in [2.75, 3.05) is 20.2 Å². The van der Waals surface area contributed by atoms with Crippen molar-refractivity contribution in [1.29, 1.82) is 0 Å². The van der Waals surface area contributed by atoms with Gasteiger partial charge in [-0.25, -0.2) is 8.42 Å². The normalized spacial score (nSPS) is 25.0. The Morgan fingerprint density at radius 2 is 2.20 bits per heavy atom. The van der Waals surface area contributed by atoms with Crippen molar-refractivity contribution in [2.24, 2.45) is 12.8 Å². The highest BCUT2D eigenvalue weighted by Crippen LogP contribution is 2.28. The van der Waals surface area contributed by atoms with Crippen LogP contribution >= 0.6 is 0 Å². The molecule has 1 aliphatic heterocycles. The standard InChI is InChI=1S/C13H23N3O3S/c1-13(19-3)5-4-6-16(10-13)20(17,18)12-7-11(8-14)15(2)9-12/h7,9H,4-6,8,10,14H2,1-3H3. The molecule has 1 aliphatic rings. The van der Waals surface area contributed by atoms with Crippen LogP contribution in [0.3, 0.4) is 0 Å². The molecule has 1 unspecified atom stereocenters. The largest absolute Gasteiger partial charge is 0.377 e. The molecule has 1 aromatic heterocycles. The Kier molecular flexibility index (Phi) is 4.24. The number of aromatic nitrogens is 1. The Balaban J connectivity index is 2.29. The van der Waals surface area contributed by atoms with E-state index in [4.69, 9.17) is 10.5 Å². The molecule has 0 amide bonds. The third-order valence-electron chi connectivity index (χ3n) is 4.05. The summed E-state index contributed by atoms with van der Waals surface area (Å²) in [5, 5.41) is 0. The fourth-order valence-corrected chi connectivity index (χ4v) is 4.29. The molecule has 1 aromatic rings. The van der Waals surface area contributed by atoms with Gasteiger partial charge in [0.05, 0.1) is 5.60 Å². The fourth-order valence-electron chi connectivity index (χ4n) is 2.60.